The Labute approximate surface area is 145 Å². The summed E-state index contributed by atoms with van der Waals surface area (Å²) in [6.45, 7) is 5.40. The van der Waals surface area contributed by atoms with Gasteiger partial charge in [-0.05, 0) is 19.8 Å². The first kappa shape index (κ1) is 18.1. The van der Waals surface area contributed by atoms with Crippen LogP contribution in [0.1, 0.15) is 32.6 Å². The van der Waals surface area contributed by atoms with E-state index in [2.05, 4.69) is 4.90 Å². The molecule has 24 heavy (non-hydrogen) atoms. The maximum Gasteiger partial charge on any atom is 0.242 e. The van der Waals surface area contributed by atoms with Gasteiger partial charge < -0.3 is 9.64 Å². The van der Waals surface area contributed by atoms with E-state index < -0.39 is 10.0 Å². The Morgan fingerprint density at radius 1 is 1.08 bits per heavy atom. The fourth-order valence-electron chi connectivity index (χ4n) is 4.08. The summed E-state index contributed by atoms with van der Waals surface area (Å²) in [5.74, 6) is 0.225. The van der Waals surface area contributed by atoms with Crippen molar-refractivity contribution in [2.24, 2.45) is 0 Å². The van der Waals surface area contributed by atoms with E-state index in [1.165, 1.54) is 30.0 Å². The van der Waals surface area contributed by atoms with Crippen molar-refractivity contribution < 1.29 is 17.9 Å². The van der Waals surface area contributed by atoms with E-state index >= 15 is 0 Å². The lowest BCUT2D eigenvalue weighted by Gasteiger charge is -2.42. The zero-order valence-corrected chi connectivity index (χ0v) is 15.3. The van der Waals surface area contributed by atoms with Crippen molar-refractivity contribution in [2.75, 3.05) is 51.7 Å². The molecular weight excluding hydrogens is 330 g/mol. The van der Waals surface area contributed by atoms with Gasteiger partial charge in [-0.15, -0.1) is 0 Å². The van der Waals surface area contributed by atoms with Crippen LogP contribution in [0.25, 0.3) is 0 Å². The van der Waals surface area contributed by atoms with E-state index in [1.54, 1.807) is 6.92 Å². The van der Waals surface area contributed by atoms with Crippen LogP contribution in [0.4, 0.5) is 0 Å². The topological polar surface area (TPSA) is 70.2 Å². The highest BCUT2D eigenvalue weighted by molar-refractivity contribution is 7.89. The first-order chi connectivity index (χ1) is 11.5. The first-order valence-corrected chi connectivity index (χ1v) is 10.7. The lowest BCUT2D eigenvalue weighted by molar-refractivity contribution is -0.146. The van der Waals surface area contributed by atoms with E-state index in [0.29, 0.717) is 45.4 Å². The lowest BCUT2D eigenvalue weighted by Crippen LogP contribution is -2.60. The molecule has 0 aromatic rings. The third-order valence-corrected chi connectivity index (χ3v) is 7.44. The van der Waals surface area contributed by atoms with E-state index in [4.69, 9.17) is 4.74 Å². The Morgan fingerprint density at radius 2 is 1.75 bits per heavy atom. The largest absolute Gasteiger partial charge is 0.378 e. The second-order valence-electron chi connectivity index (χ2n) is 6.89. The van der Waals surface area contributed by atoms with E-state index in [-0.39, 0.29) is 17.7 Å². The molecule has 2 saturated heterocycles. The zero-order valence-electron chi connectivity index (χ0n) is 14.5. The third-order valence-electron chi connectivity index (χ3n) is 5.56. The number of ether oxygens (including phenoxy) is 1. The minimum Gasteiger partial charge on any atom is -0.378 e. The number of sulfonamides is 1. The molecule has 0 aromatic carbocycles. The van der Waals surface area contributed by atoms with Crippen molar-refractivity contribution >= 4 is 15.9 Å². The second-order valence-corrected chi connectivity index (χ2v) is 9.15. The number of morpholine rings is 1. The summed E-state index contributed by atoms with van der Waals surface area (Å²) in [5.41, 5.74) is 0. The number of piperazine rings is 1. The van der Waals surface area contributed by atoms with Crippen molar-refractivity contribution in [3.05, 3.63) is 0 Å². The van der Waals surface area contributed by atoms with Crippen LogP contribution in [0.2, 0.25) is 0 Å². The Balaban J connectivity index is 1.61. The van der Waals surface area contributed by atoms with Crippen molar-refractivity contribution in [3.8, 4) is 0 Å². The summed E-state index contributed by atoms with van der Waals surface area (Å²) in [7, 11) is -3.16. The number of carbonyl (C=O) groups is 1. The zero-order chi connectivity index (χ0) is 17.2. The summed E-state index contributed by atoms with van der Waals surface area (Å²) < 4.78 is 31.0. The van der Waals surface area contributed by atoms with Gasteiger partial charge in [0.05, 0.1) is 19.0 Å². The fraction of sp³-hybridized carbons (Fsp3) is 0.938. The highest BCUT2D eigenvalue weighted by Crippen LogP contribution is 2.27. The van der Waals surface area contributed by atoms with E-state index in [0.717, 1.165) is 6.54 Å². The van der Waals surface area contributed by atoms with Crippen molar-refractivity contribution in [2.45, 2.75) is 44.7 Å². The van der Waals surface area contributed by atoms with Crippen LogP contribution in [0.3, 0.4) is 0 Å². The second kappa shape index (κ2) is 7.68. The fourth-order valence-corrected chi connectivity index (χ4v) is 5.17. The SMILES string of the molecule is CCS(=O)(=O)N1CCN(C(=O)[C@@H]2COCCN2C2CCCC2)CC1. The molecule has 2 heterocycles. The predicted octanol–water partition coefficient (Wildman–Crippen LogP) is 0.124. The van der Waals surface area contributed by atoms with Crippen LogP contribution < -0.4 is 0 Å². The monoisotopic (exact) mass is 359 g/mol. The number of hydrogen-bond donors (Lipinski definition) is 0. The molecule has 1 aliphatic carbocycles. The van der Waals surface area contributed by atoms with Crippen molar-refractivity contribution in [1.29, 1.82) is 0 Å². The Hall–Kier alpha value is -0.700. The number of nitrogens with zero attached hydrogens (tertiary/aromatic N) is 3. The molecule has 1 saturated carbocycles. The molecule has 1 amide bonds. The maximum absolute atomic E-state index is 13.0. The molecule has 3 rings (SSSR count). The molecule has 0 bridgehead atoms. The summed E-state index contributed by atoms with van der Waals surface area (Å²) in [6, 6.07) is 0.306. The summed E-state index contributed by atoms with van der Waals surface area (Å²) >= 11 is 0. The van der Waals surface area contributed by atoms with Crippen LogP contribution in [-0.2, 0) is 19.6 Å². The third kappa shape index (κ3) is 3.76. The Kier molecular flexibility index (Phi) is 5.79. The van der Waals surface area contributed by atoms with Gasteiger partial charge in [-0.3, -0.25) is 9.69 Å². The maximum atomic E-state index is 13.0. The molecule has 3 fully saturated rings. The minimum absolute atomic E-state index is 0.107. The van der Waals surface area contributed by atoms with Gasteiger partial charge in [0.25, 0.3) is 0 Å². The number of rotatable bonds is 4. The normalized spacial score (nSPS) is 28.4. The summed E-state index contributed by atoms with van der Waals surface area (Å²) in [6.07, 6.45) is 4.84. The molecule has 7 nitrogen and oxygen atoms in total. The smallest absolute Gasteiger partial charge is 0.242 e. The van der Waals surface area contributed by atoms with E-state index in [1.807, 2.05) is 4.90 Å². The molecule has 0 aromatic heterocycles. The summed E-state index contributed by atoms with van der Waals surface area (Å²) in [4.78, 5) is 17.1. The van der Waals surface area contributed by atoms with Gasteiger partial charge in [-0.1, -0.05) is 12.8 Å². The predicted molar refractivity (Wildman–Crippen MR) is 91.2 cm³/mol. The van der Waals surface area contributed by atoms with Gasteiger partial charge in [0.2, 0.25) is 15.9 Å². The molecule has 3 aliphatic rings. The van der Waals surface area contributed by atoms with Crippen molar-refractivity contribution in [3.63, 3.8) is 0 Å². The standard InChI is InChI=1S/C16H29N3O4S/c1-2-24(21,22)18-9-7-17(8-10-18)16(20)15-13-23-12-11-19(15)14-5-3-4-6-14/h14-15H,2-13H2,1H3/t15-/m0/s1. The number of amides is 1. The van der Waals surface area contributed by atoms with Crippen molar-refractivity contribution in [1.82, 2.24) is 14.1 Å². The van der Waals surface area contributed by atoms with E-state index in [9.17, 15) is 13.2 Å². The highest BCUT2D eigenvalue weighted by atomic mass is 32.2. The van der Waals surface area contributed by atoms with Crippen LogP contribution in [0.15, 0.2) is 0 Å². The Morgan fingerprint density at radius 3 is 2.38 bits per heavy atom. The molecule has 138 valence electrons. The molecule has 0 N–H and O–H groups in total. The average molecular weight is 359 g/mol. The average Bonchev–Trinajstić information content (AvgIpc) is 3.16. The number of hydrogen-bond acceptors (Lipinski definition) is 5. The van der Waals surface area contributed by atoms with Crippen LogP contribution in [-0.4, -0.2) is 92.2 Å². The van der Waals surface area contributed by atoms with Gasteiger partial charge >= 0.3 is 0 Å². The Bertz CT molecular complexity index is 540. The van der Waals surface area contributed by atoms with Crippen LogP contribution >= 0.6 is 0 Å². The molecule has 1 atom stereocenters. The lowest BCUT2D eigenvalue weighted by atomic mass is 10.1. The van der Waals surface area contributed by atoms with Gasteiger partial charge in [0, 0.05) is 38.8 Å². The van der Waals surface area contributed by atoms with Gasteiger partial charge in [0.1, 0.15) is 6.04 Å². The molecule has 2 aliphatic heterocycles. The van der Waals surface area contributed by atoms with Gasteiger partial charge in [-0.2, -0.15) is 4.31 Å². The quantitative estimate of drug-likeness (QED) is 0.713. The minimum atomic E-state index is -3.16. The molecule has 0 spiro atoms. The van der Waals surface area contributed by atoms with Gasteiger partial charge in [-0.25, -0.2) is 8.42 Å². The molecule has 0 unspecified atom stereocenters. The van der Waals surface area contributed by atoms with Crippen LogP contribution in [0, 0.1) is 0 Å². The molecular formula is C16H29N3O4S. The highest BCUT2D eigenvalue weighted by Gasteiger charge is 2.38. The summed E-state index contributed by atoms with van der Waals surface area (Å²) in [5, 5.41) is 0. The molecule has 8 heteroatoms. The van der Waals surface area contributed by atoms with Gasteiger partial charge in [0.15, 0.2) is 0 Å². The molecule has 0 radical (unpaired) electrons. The van der Waals surface area contributed by atoms with Crippen LogP contribution in [0.5, 0.6) is 0 Å². The number of carbonyl (C=O) groups excluding carboxylic acids is 1. The first-order valence-electron chi connectivity index (χ1n) is 9.13.